The first kappa shape index (κ1) is 22.5. The van der Waals surface area contributed by atoms with Crippen LogP contribution in [-0.4, -0.2) is 21.7 Å². The van der Waals surface area contributed by atoms with Gasteiger partial charge < -0.3 is 0 Å². The van der Waals surface area contributed by atoms with Crippen LogP contribution >= 0.6 is 0 Å². The van der Waals surface area contributed by atoms with E-state index < -0.39 is 23.6 Å². The zero-order chi connectivity index (χ0) is 24.3. The van der Waals surface area contributed by atoms with Crippen molar-refractivity contribution in [3.8, 4) is 17.9 Å². The minimum absolute atomic E-state index is 0.0733. The minimum Gasteiger partial charge on any atom is -0.269 e. The van der Waals surface area contributed by atoms with Gasteiger partial charge in [-0.25, -0.2) is 0 Å². The van der Waals surface area contributed by atoms with E-state index in [4.69, 9.17) is 5.26 Å². The largest absolute Gasteiger partial charge is 0.416 e. The lowest BCUT2D eigenvalue weighted by atomic mass is 10.00. The van der Waals surface area contributed by atoms with E-state index in [9.17, 15) is 22.8 Å². The number of rotatable bonds is 3. The molecule has 0 spiro atoms. The number of halogens is 3. The molecule has 0 saturated carbocycles. The van der Waals surface area contributed by atoms with Crippen molar-refractivity contribution in [3.05, 3.63) is 106 Å². The molecule has 1 aromatic heterocycles. The average Bonchev–Trinajstić information content (AvgIpc) is 3.07. The van der Waals surface area contributed by atoms with Crippen LogP contribution in [-0.2, 0) is 22.3 Å². The van der Waals surface area contributed by atoms with Gasteiger partial charge in [0.1, 0.15) is 5.57 Å². The molecule has 0 saturated heterocycles. The molecule has 1 aliphatic heterocycles. The molecule has 0 aliphatic carbocycles. The molecule has 1 aliphatic rings. The van der Waals surface area contributed by atoms with E-state index in [1.54, 1.807) is 42.5 Å². The number of hydrogen-bond acceptors (Lipinski definition) is 4. The predicted molar refractivity (Wildman–Crippen MR) is 116 cm³/mol. The van der Waals surface area contributed by atoms with E-state index in [-0.39, 0.29) is 23.3 Å². The first-order valence-corrected chi connectivity index (χ1v) is 9.98. The standard InChI is InChI=1S/C26H14F3N3O2/c27-26(28,29)20-11-9-19(10-12-20)23-22(13-8-17-4-6-18(15-30)7-5-17)24(33)32(25(23)34)16-21-3-1-2-14-31-21/h1-7,9-12,14H,16H2. The SMILES string of the molecule is N#Cc1ccc(C#CC2=C(c3ccc(C(F)(F)F)cc3)C(=O)N(Cc3ccccn3)C2=O)cc1. The van der Waals surface area contributed by atoms with Crippen LogP contribution in [0.4, 0.5) is 13.2 Å². The smallest absolute Gasteiger partial charge is 0.269 e. The number of benzene rings is 2. The van der Waals surface area contributed by atoms with E-state index in [2.05, 4.69) is 16.8 Å². The summed E-state index contributed by atoms with van der Waals surface area (Å²) in [6.45, 7) is -0.106. The molecule has 8 heteroatoms. The van der Waals surface area contributed by atoms with Crippen molar-refractivity contribution in [3.63, 3.8) is 0 Å². The summed E-state index contributed by atoms with van der Waals surface area (Å²) in [6.07, 6.45) is -3.01. The molecule has 0 bridgehead atoms. The fourth-order valence-electron chi connectivity index (χ4n) is 3.35. The number of pyridine rings is 1. The third-order valence-corrected chi connectivity index (χ3v) is 5.06. The number of carbonyl (C=O) groups excluding carboxylic acids is 2. The summed E-state index contributed by atoms with van der Waals surface area (Å²) in [6, 6.07) is 17.4. The molecule has 0 atom stereocenters. The molecule has 34 heavy (non-hydrogen) atoms. The molecule has 3 aromatic rings. The summed E-state index contributed by atoms with van der Waals surface area (Å²) < 4.78 is 39.0. The van der Waals surface area contributed by atoms with Crippen LogP contribution in [0.2, 0.25) is 0 Å². The van der Waals surface area contributed by atoms with Gasteiger partial charge in [0.15, 0.2) is 0 Å². The number of amides is 2. The lowest BCUT2D eigenvalue weighted by Gasteiger charge is -2.14. The van der Waals surface area contributed by atoms with Gasteiger partial charge in [0.2, 0.25) is 0 Å². The molecule has 0 N–H and O–H groups in total. The van der Waals surface area contributed by atoms with Gasteiger partial charge in [-0.2, -0.15) is 18.4 Å². The molecule has 2 heterocycles. The van der Waals surface area contributed by atoms with Crippen molar-refractivity contribution in [1.29, 1.82) is 5.26 Å². The van der Waals surface area contributed by atoms with Crippen molar-refractivity contribution in [2.24, 2.45) is 0 Å². The second-order valence-corrected chi connectivity index (χ2v) is 7.28. The summed E-state index contributed by atoms with van der Waals surface area (Å²) in [7, 11) is 0. The molecule has 2 aromatic carbocycles. The Morgan fingerprint density at radius 2 is 1.53 bits per heavy atom. The van der Waals surface area contributed by atoms with Crippen molar-refractivity contribution >= 4 is 17.4 Å². The van der Waals surface area contributed by atoms with E-state index >= 15 is 0 Å². The van der Waals surface area contributed by atoms with E-state index in [1.807, 2.05) is 6.07 Å². The van der Waals surface area contributed by atoms with Crippen LogP contribution in [0.25, 0.3) is 5.57 Å². The topological polar surface area (TPSA) is 74.1 Å². The van der Waals surface area contributed by atoms with Gasteiger partial charge in [0.05, 0.1) is 35.0 Å². The minimum atomic E-state index is -4.54. The summed E-state index contributed by atoms with van der Waals surface area (Å²) in [5, 5.41) is 8.92. The third kappa shape index (κ3) is 4.57. The van der Waals surface area contributed by atoms with E-state index in [0.717, 1.165) is 29.2 Å². The number of carbonyl (C=O) groups is 2. The highest BCUT2D eigenvalue weighted by molar-refractivity contribution is 6.37. The Morgan fingerprint density at radius 1 is 0.853 bits per heavy atom. The maximum absolute atomic E-state index is 13.2. The Kier molecular flexibility index (Phi) is 5.99. The molecular weight excluding hydrogens is 443 g/mol. The molecule has 0 fully saturated rings. The number of nitriles is 1. The zero-order valence-electron chi connectivity index (χ0n) is 17.4. The van der Waals surface area contributed by atoms with Crippen LogP contribution in [0, 0.1) is 23.2 Å². The lowest BCUT2D eigenvalue weighted by Crippen LogP contribution is -2.31. The van der Waals surface area contributed by atoms with E-state index in [1.165, 1.54) is 6.20 Å². The van der Waals surface area contributed by atoms with Gasteiger partial charge in [0, 0.05) is 11.8 Å². The van der Waals surface area contributed by atoms with Crippen LogP contribution < -0.4 is 0 Å². The second kappa shape index (κ2) is 9.05. The van der Waals surface area contributed by atoms with Gasteiger partial charge in [-0.15, -0.1) is 0 Å². The summed E-state index contributed by atoms with van der Waals surface area (Å²) >= 11 is 0. The normalized spacial score (nSPS) is 13.5. The number of imide groups is 1. The molecule has 0 unspecified atom stereocenters. The van der Waals surface area contributed by atoms with Crippen molar-refractivity contribution in [1.82, 2.24) is 9.88 Å². The zero-order valence-corrected chi connectivity index (χ0v) is 17.4. The van der Waals surface area contributed by atoms with Gasteiger partial charge in [-0.3, -0.25) is 19.5 Å². The molecule has 5 nitrogen and oxygen atoms in total. The molecule has 4 rings (SSSR count). The highest BCUT2D eigenvalue weighted by atomic mass is 19.4. The van der Waals surface area contributed by atoms with Crippen LogP contribution in [0.1, 0.15) is 27.9 Å². The number of alkyl halides is 3. The Morgan fingerprint density at radius 3 is 2.12 bits per heavy atom. The Labute approximate surface area is 192 Å². The maximum atomic E-state index is 13.2. The van der Waals surface area contributed by atoms with Gasteiger partial charge in [-0.05, 0) is 54.1 Å². The summed E-state index contributed by atoms with van der Waals surface area (Å²) in [4.78, 5) is 31.4. The van der Waals surface area contributed by atoms with E-state index in [0.29, 0.717) is 16.8 Å². The first-order chi connectivity index (χ1) is 16.3. The van der Waals surface area contributed by atoms with Crippen molar-refractivity contribution in [2.75, 3.05) is 0 Å². The molecular formula is C26H14F3N3O2. The maximum Gasteiger partial charge on any atom is 0.416 e. The average molecular weight is 457 g/mol. The second-order valence-electron chi connectivity index (χ2n) is 7.28. The third-order valence-electron chi connectivity index (χ3n) is 5.06. The van der Waals surface area contributed by atoms with Gasteiger partial charge >= 0.3 is 6.18 Å². The number of aromatic nitrogens is 1. The number of hydrogen-bond donors (Lipinski definition) is 0. The lowest BCUT2D eigenvalue weighted by molar-refractivity contribution is -0.138. The summed E-state index contributed by atoms with van der Waals surface area (Å²) in [5.74, 6) is 4.19. The van der Waals surface area contributed by atoms with Crippen molar-refractivity contribution in [2.45, 2.75) is 12.7 Å². The van der Waals surface area contributed by atoms with Crippen molar-refractivity contribution < 1.29 is 22.8 Å². The molecule has 0 radical (unpaired) electrons. The predicted octanol–water partition coefficient (Wildman–Crippen LogP) is 4.35. The monoisotopic (exact) mass is 457 g/mol. The van der Waals surface area contributed by atoms with Crippen LogP contribution in [0.15, 0.2) is 78.5 Å². The molecule has 2 amide bonds. The highest BCUT2D eigenvalue weighted by Crippen LogP contribution is 2.33. The quantitative estimate of drug-likeness (QED) is 0.433. The Bertz CT molecular complexity index is 1390. The fraction of sp³-hybridized carbons (Fsp3) is 0.0769. The summed E-state index contributed by atoms with van der Waals surface area (Å²) in [5.41, 5.74) is 0.492. The van der Waals surface area contributed by atoms with Gasteiger partial charge in [0.25, 0.3) is 11.8 Å². The Balaban J connectivity index is 1.76. The van der Waals surface area contributed by atoms with Gasteiger partial charge in [-0.1, -0.05) is 30.0 Å². The first-order valence-electron chi connectivity index (χ1n) is 9.98. The molecule has 166 valence electrons. The number of nitrogens with zero attached hydrogens (tertiary/aromatic N) is 3. The van der Waals surface area contributed by atoms with Crippen LogP contribution in [0.5, 0.6) is 0 Å². The fourth-order valence-corrected chi connectivity index (χ4v) is 3.35. The van der Waals surface area contributed by atoms with Crippen LogP contribution in [0.3, 0.4) is 0 Å². The Hall–Kier alpha value is -4.69. The highest BCUT2D eigenvalue weighted by Gasteiger charge is 2.39.